The summed E-state index contributed by atoms with van der Waals surface area (Å²) >= 11 is 1.51. The van der Waals surface area contributed by atoms with Crippen molar-refractivity contribution < 1.29 is 13.2 Å². The zero-order valence-electron chi connectivity index (χ0n) is 15.0. The van der Waals surface area contributed by atoms with Gasteiger partial charge in [0.05, 0.1) is 4.88 Å². The normalized spacial score (nSPS) is 24.3. The monoisotopic (exact) mass is 393 g/mol. The summed E-state index contributed by atoms with van der Waals surface area (Å²) in [5.74, 6) is 0.229. The summed E-state index contributed by atoms with van der Waals surface area (Å²) in [6.45, 7) is 1.51. The van der Waals surface area contributed by atoms with Gasteiger partial charge in [-0.15, -0.1) is 11.3 Å². The Labute approximate surface area is 158 Å². The van der Waals surface area contributed by atoms with Crippen molar-refractivity contribution in [2.24, 2.45) is 5.92 Å². The molecule has 2 bridgehead atoms. The molecule has 140 valence electrons. The number of thiophene rings is 1. The lowest BCUT2D eigenvalue weighted by molar-refractivity contribution is 0.0593. The second-order valence-corrected chi connectivity index (χ2v) is 10.5. The minimum Gasteiger partial charge on any atom is -0.333 e. The number of benzene rings is 1. The maximum absolute atomic E-state index is 13.2. The smallest absolute Gasteiger partial charge is 0.281 e. The molecule has 4 heterocycles. The van der Waals surface area contributed by atoms with Crippen LogP contribution in [0.2, 0.25) is 0 Å². The van der Waals surface area contributed by atoms with E-state index in [1.807, 2.05) is 35.2 Å². The lowest BCUT2D eigenvalue weighted by Gasteiger charge is -2.35. The van der Waals surface area contributed by atoms with Crippen LogP contribution in [0.1, 0.15) is 22.5 Å². The molecule has 5 rings (SSSR count). The highest BCUT2D eigenvalue weighted by Gasteiger charge is 2.41. The first-order valence-electron chi connectivity index (χ1n) is 8.83. The standard InChI is InChI=1S/C18H23N3O3S2/c1-19(2)26(23,24)20-10-13-7-8-15(12-20)21(11-13)18(22)17-9-14-5-3-4-6-16(14)25-17/h3-6,9,13,15H,7-8,10-12H2,1-2H3/t13-,15+/m0/s1. The van der Waals surface area contributed by atoms with Gasteiger partial charge in [0, 0.05) is 44.5 Å². The van der Waals surface area contributed by atoms with Gasteiger partial charge in [0.15, 0.2) is 0 Å². The minimum atomic E-state index is -3.45. The fraction of sp³-hybridized carbons (Fsp3) is 0.500. The Morgan fingerprint density at radius 3 is 2.65 bits per heavy atom. The fourth-order valence-electron chi connectivity index (χ4n) is 3.94. The van der Waals surface area contributed by atoms with Crippen molar-refractivity contribution in [1.29, 1.82) is 0 Å². The van der Waals surface area contributed by atoms with Gasteiger partial charge in [-0.3, -0.25) is 4.79 Å². The van der Waals surface area contributed by atoms with Crippen LogP contribution in [0.15, 0.2) is 30.3 Å². The van der Waals surface area contributed by atoms with Crippen LogP contribution in [0.5, 0.6) is 0 Å². The molecular formula is C18H23N3O3S2. The van der Waals surface area contributed by atoms with Crippen molar-refractivity contribution in [1.82, 2.24) is 13.5 Å². The Kier molecular flexibility index (Phi) is 4.54. The second kappa shape index (κ2) is 6.60. The maximum atomic E-state index is 13.2. The Bertz CT molecular complexity index is 905. The highest BCUT2D eigenvalue weighted by Crippen LogP contribution is 2.33. The number of hydrogen-bond acceptors (Lipinski definition) is 4. The third-order valence-corrected chi connectivity index (χ3v) is 8.34. The molecule has 0 unspecified atom stereocenters. The first kappa shape index (κ1) is 17.9. The predicted octanol–water partition coefficient (Wildman–Crippen LogP) is 2.24. The van der Waals surface area contributed by atoms with Gasteiger partial charge in [0.2, 0.25) is 0 Å². The highest BCUT2D eigenvalue weighted by atomic mass is 32.2. The quantitative estimate of drug-likeness (QED) is 0.804. The largest absolute Gasteiger partial charge is 0.333 e. The van der Waals surface area contributed by atoms with Gasteiger partial charge >= 0.3 is 0 Å². The van der Waals surface area contributed by atoms with Crippen LogP contribution >= 0.6 is 11.3 Å². The molecule has 1 aromatic carbocycles. The molecule has 3 saturated heterocycles. The van der Waals surface area contributed by atoms with Gasteiger partial charge in [-0.2, -0.15) is 17.0 Å². The Hall–Kier alpha value is -1.48. The number of carbonyl (C=O) groups excluding carboxylic acids is 1. The number of carbonyl (C=O) groups is 1. The number of fused-ring (bicyclic) bond motifs is 5. The van der Waals surface area contributed by atoms with E-state index in [1.54, 1.807) is 18.4 Å². The predicted molar refractivity (Wildman–Crippen MR) is 104 cm³/mol. The van der Waals surface area contributed by atoms with Gasteiger partial charge in [0.1, 0.15) is 0 Å². The molecule has 3 aliphatic heterocycles. The molecule has 6 nitrogen and oxygen atoms in total. The summed E-state index contributed by atoms with van der Waals surface area (Å²) in [4.78, 5) is 15.8. The van der Waals surface area contributed by atoms with Gasteiger partial charge in [-0.1, -0.05) is 18.2 Å². The lowest BCUT2D eigenvalue weighted by Crippen LogP contribution is -2.48. The molecule has 0 radical (unpaired) electrons. The van der Waals surface area contributed by atoms with Crippen LogP contribution in [-0.4, -0.2) is 67.6 Å². The number of hydrogen-bond donors (Lipinski definition) is 0. The van der Waals surface area contributed by atoms with E-state index in [-0.39, 0.29) is 17.9 Å². The van der Waals surface area contributed by atoms with Crippen LogP contribution in [0, 0.1) is 5.92 Å². The number of amides is 1. The highest BCUT2D eigenvalue weighted by molar-refractivity contribution is 7.86. The summed E-state index contributed by atoms with van der Waals surface area (Å²) in [7, 11) is -0.337. The van der Waals surface area contributed by atoms with E-state index in [0.717, 1.165) is 27.8 Å². The molecule has 3 fully saturated rings. The Balaban J connectivity index is 1.61. The summed E-state index contributed by atoms with van der Waals surface area (Å²) in [5, 5.41) is 1.08. The van der Waals surface area contributed by atoms with E-state index in [4.69, 9.17) is 0 Å². The number of rotatable bonds is 3. The van der Waals surface area contributed by atoms with E-state index in [9.17, 15) is 13.2 Å². The molecule has 0 N–H and O–H groups in total. The maximum Gasteiger partial charge on any atom is 0.281 e. The average molecular weight is 394 g/mol. The van der Waals surface area contributed by atoms with Crippen molar-refractivity contribution in [3.8, 4) is 0 Å². The molecule has 1 amide bonds. The van der Waals surface area contributed by atoms with Crippen molar-refractivity contribution in [2.45, 2.75) is 18.9 Å². The zero-order chi connectivity index (χ0) is 18.5. The average Bonchev–Trinajstić information content (AvgIpc) is 2.82. The molecule has 0 aliphatic carbocycles. The van der Waals surface area contributed by atoms with E-state index in [1.165, 1.54) is 15.6 Å². The van der Waals surface area contributed by atoms with Crippen molar-refractivity contribution in [3.05, 3.63) is 35.2 Å². The van der Waals surface area contributed by atoms with Gasteiger partial charge < -0.3 is 4.90 Å². The van der Waals surface area contributed by atoms with E-state index in [2.05, 4.69) is 0 Å². The van der Waals surface area contributed by atoms with Crippen LogP contribution in [-0.2, 0) is 10.2 Å². The molecular weight excluding hydrogens is 370 g/mol. The molecule has 0 spiro atoms. The molecule has 1 aromatic heterocycles. The summed E-state index contributed by atoms with van der Waals surface area (Å²) < 4.78 is 29.1. The molecule has 26 heavy (non-hydrogen) atoms. The fourth-order valence-corrected chi connectivity index (χ4v) is 6.18. The molecule has 8 heteroatoms. The Morgan fingerprint density at radius 2 is 1.92 bits per heavy atom. The summed E-state index contributed by atoms with van der Waals surface area (Å²) in [6.07, 6.45) is 1.83. The summed E-state index contributed by atoms with van der Waals surface area (Å²) in [5.41, 5.74) is 0. The number of piperidine rings is 1. The van der Waals surface area contributed by atoms with Crippen molar-refractivity contribution in [3.63, 3.8) is 0 Å². The van der Waals surface area contributed by atoms with Crippen LogP contribution in [0.4, 0.5) is 0 Å². The first-order valence-corrected chi connectivity index (χ1v) is 11.0. The van der Waals surface area contributed by atoms with E-state index >= 15 is 0 Å². The van der Waals surface area contributed by atoms with Crippen molar-refractivity contribution >= 4 is 37.5 Å². The van der Waals surface area contributed by atoms with Gasteiger partial charge in [-0.05, 0) is 36.3 Å². The minimum absolute atomic E-state index is 0.0324. The topological polar surface area (TPSA) is 60.9 Å². The lowest BCUT2D eigenvalue weighted by atomic mass is 9.95. The summed E-state index contributed by atoms with van der Waals surface area (Å²) in [6, 6.07) is 9.89. The van der Waals surface area contributed by atoms with E-state index in [0.29, 0.717) is 19.6 Å². The molecule has 3 aliphatic rings. The third kappa shape index (κ3) is 3.05. The number of nitrogens with zero attached hydrogens (tertiary/aromatic N) is 3. The third-order valence-electron chi connectivity index (χ3n) is 5.36. The molecule has 2 aromatic rings. The first-order chi connectivity index (χ1) is 12.4. The van der Waals surface area contributed by atoms with Crippen LogP contribution < -0.4 is 0 Å². The van der Waals surface area contributed by atoms with E-state index < -0.39 is 10.2 Å². The van der Waals surface area contributed by atoms with Gasteiger partial charge in [-0.25, -0.2) is 0 Å². The Morgan fingerprint density at radius 1 is 1.15 bits per heavy atom. The van der Waals surface area contributed by atoms with Crippen molar-refractivity contribution in [2.75, 3.05) is 33.7 Å². The SMILES string of the molecule is CN(C)S(=O)(=O)N1C[C@@H]2CC[C@H](C1)N(C(=O)c1cc3ccccc3s1)C2. The molecule has 2 atom stereocenters. The second-order valence-electron chi connectivity index (χ2n) is 7.31. The van der Waals surface area contributed by atoms with Gasteiger partial charge in [0.25, 0.3) is 16.1 Å². The zero-order valence-corrected chi connectivity index (χ0v) is 16.6. The van der Waals surface area contributed by atoms with Crippen LogP contribution in [0.3, 0.4) is 0 Å². The van der Waals surface area contributed by atoms with Crippen LogP contribution in [0.25, 0.3) is 10.1 Å². The molecule has 0 saturated carbocycles.